The molecule has 0 spiro atoms. The summed E-state index contributed by atoms with van der Waals surface area (Å²) in [5, 5.41) is 9.19. The van der Waals surface area contributed by atoms with E-state index in [1.165, 1.54) is 0 Å². The lowest BCUT2D eigenvalue weighted by molar-refractivity contribution is -0.122. The summed E-state index contributed by atoms with van der Waals surface area (Å²) >= 11 is 0. The standard InChI is InChI=1S/C16H25N3O2/c1-12(11-20)18-7-8-19(15(21)10-18)13-5-6-14(17-9-13)16(2,3)4/h5-6,9,12,20H,7-8,10-11H2,1-4H3. The molecule has 1 aromatic rings. The number of aliphatic hydroxyl groups excluding tert-OH is 1. The van der Waals surface area contributed by atoms with E-state index in [4.69, 9.17) is 0 Å². The highest BCUT2D eigenvalue weighted by Gasteiger charge is 2.28. The highest BCUT2D eigenvalue weighted by atomic mass is 16.3. The quantitative estimate of drug-likeness (QED) is 0.915. The number of piperazine rings is 1. The first kappa shape index (κ1) is 15.9. The topological polar surface area (TPSA) is 56.7 Å². The molecule has 1 amide bonds. The molecule has 2 heterocycles. The van der Waals surface area contributed by atoms with Gasteiger partial charge in [-0.1, -0.05) is 20.8 Å². The first-order chi connectivity index (χ1) is 9.82. The molecule has 5 heteroatoms. The zero-order chi connectivity index (χ0) is 15.6. The molecule has 0 saturated carbocycles. The third-order valence-electron chi connectivity index (χ3n) is 3.97. The largest absolute Gasteiger partial charge is 0.395 e. The molecule has 1 fully saturated rings. The summed E-state index contributed by atoms with van der Waals surface area (Å²) in [6.07, 6.45) is 1.78. The number of amides is 1. The van der Waals surface area contributed by atoms with Crippen LogP contribution in [0.4, 0.5) is 5.69 Å². The van der Waals surface area contributed by atoms with Gasteiger partial charge in [-0.2, -0.15) is 0 Å². The second-order valence-electron chi connectivity index (χ2n) is 6.70. The predicted octanol–water partition coefficient (Wildman–Crippen LogP) is 1.41. The van der Waals surface area contributed by atoms with E-state index in [1.807, 2.05) is 24.0 Å². The predicted molar refractivity (Wildman–Crippen MR) is 83.4 cm³/mol. The average molecular weight is 291 g/mol. The summed E-state index contributed by atoms with van der Waals surface area (Å²) in [5.74, 6) is 0.0619. The van der Waals surface area contributed by atoms with E-state index < -0.39 is 0 Å². The van der Waals surface area contributed by atoms with Crippen LogP contribution in [-0.4, -0.2) is 53.2 Å². The van der Waals surface area contributed by atoms with Crippen LogP contribution in [0.5, 0.6) is 0 Å². The van der Waals surface area contributed by atoms with Crippen LogP contribution in [-0.2, 0) is 10.2 Å². The minimum Gasteiger partial charge on any atom is -0.395 e. The Morgan fingerprint density at radius 1 is 1.33 bits per heavy atom. The highest BCUT2D eigenvalue weighted by molar-refractivity contribution is 5.95. The summed E-state index contributed by atoms with van der Waals surface area (Å²) in [5.41, 5.74) is 1.88. The van der Waals surface area contributed by atoms with Crippen molar-refractivity contribution in [3.05, 3.63) is 24.0 Å². The molecule has 1 aliphatic heterocycles. The molecule has 2 rings (SSSR count). The van der Waals surface area contributed by atoms with Crippen molar-refractivity contribution >= 4 is 11.6 Å². The van der Waals surface area contributed by atoms with Crippen molar-refractivity contribution < 1.29 is 9.90 Å². The molecule has 1 saturated heterocycles. The molecule has 0 bridgehead atoms. The summed E-state index contributed by atoms with van der Waals surface area (Å²) < 4.78 is 0. The van der Waals surface area contributed by atoms with Gasteiger partial charge in [-0.25, -0.2) is 0 Å². The SMILES string of the molecule is CC(CO)N1CCN(c2ccc(C(C)(C)C)nc2)C(=O)C1. The van der Waals surface area contributed by atoms with E-state index in [0.29, 0.717) is 13.1 Å². The van der Waals surface area contributed by atoms with Crippen molar-refractivity contribution in [3.63, 3.8) is 0 Å². The van der Waals surface area contributed by atoms with Gasteiger partial charge in [0.05, 0.1) is 25.0 Å². The van der Waals surface area contributed by atoms with Crippen molar-refractivity contribution in [1.29, 1.82) is 0 Å². The van der Waals surface area contributed by atoms with Gasteiger partial charge in [0.15, 0.2) is 0 Å². The van der Waals surface area contributed by atoms with Gasteiger partial charge in [0.1, 0.15) is 0 Å². The van der Waals surface area contributed by atoms with Gasteiger partial charge in [-0.3, -0.25) is 14.7 Å². The molecule has 0 aromatic carbocycles. The third kappa shape index (κ3) is 3.60. The zero-order valence-electron chi connectivity index (χ0n) is 13.3. The second-order valence-corrected chi connectivity index (χ2v) is 6.70. The van der Waals surface area contributed by atoms with Crippen molar-refractivity contribution in [2.75, 3.05) is 31.1 Å². The van der Waals surface area contributed by atoms with Gasteiger partial charge in [0.25, 0.3) is 0 Å². The molecule has 0 radical (unpaired) electrons. The minimum atomic E-state index is 0.0117. The van der Waals surface area contributed by atoms with E-state index in [9.17, 15) is 9.90 Å². The van der Waals surface area contributed by atoms with Crippen molar-refractivity contribution in [2.45, 2.75) is 39.2 Å². The molecule has 5 nitrogen and oxygen atoms in total. The van der Waals surface area contributed by atoms with Crippen molar-refractivity contribution in [1.82, 2.24) is 9.88 Å². The number of aliphatic hydroxyl groups is 1. The highest BCUT2D eigenvalue weighted by Crippen LogP contribution is 2.23. The van der Waals surface area contributed by atoms with Gasteiger partial charge in [-0.15, -0.1) is 0 Å². The smallest absolute Gasteiger partial charge is 0.241 e. The second kappa shape index (κ2) is 6.12. The Morgan fingerprint density at radius 2 is 2.05 bits per heavy atom. The summed E-state index contributed by atoms with van der Waals surface area (Å²) in [6.45, 7) is 10.1. The monoisotopic (exact) mass is 291 g/mol. The van der Waals surface area contributed by atoms with Crippen LogP contribution in [0, 0.1) is 0 Å². The molecule has 116 valence electrons. The van der Waals surface area contributed by atoms with Crippen molar-refractivity contribution in [2.24, 2.45) is 0 Å². The molecule has 1 atom stereocenters. The van der Waals surface area contributed by atoms with Gasteiger partial charge >= 0.3 is 0 Å². The van der Waals surface area contributed by atoms with E-state index in [-0.39, 0.29) is 24.0 Å². The van der Waals surface area contributed by atoms with Gasteiger partial charge in [0.2, 0.25) is 5.91 Å². The Hall–Kier alpha value is -1.46. The van der Waals surface area contributed by atoms with Crippen LogP contribution >= 0.6 is 0 Å². The maximum absolute atomic E-state index is 12.3. The maximum Gasteiger partial charge on any atom is 0.241 e. The molecule has 1 aromatic heterocycles. The Labute approximate surface area is 126 Å². The first-order valence-electron chi connectivity index (χ1n) is 7.44. The lowest BCUT2D eigenvalue weighted by Gasteiger charge is -2.36. The Bertz CT molecular complexity index is 493. The summed E-state index contributed by atoms with van der Waals surface area (Å²) in [6, 6.07) is 3.99. The number of pyridine rings is 1. The summed E-state index contributed by atoms with van der Waals surface area (Å²) in [7, 11) is 0. The van der Waals surface area contributed by atoms with Crippen LogP contribution in [0.3, 0.4) is 0 Å². The van der Waals surface area contributed by atoms with Gasteiger partial charge in [0, 0.05) is 30.2 Å². The number of carbonyl (C=O) groups is 1. The molecule has 21 heavy (non-hydrogen) atoms. The lowest BCUT2D eigenvalue weighted by Crippen LogP contribution is -2.53. The van der Waals surface area contributed by atoms with Crippen LogP contribution in [0.15, 0.2) is 18.3 Å². The van der Waals surface area contributed by atoms with Crippen LogP contribution in [0.1, 0.15) is 33.4 Å². The Kier molecular flexibility index (Phi) is 4.64. The van der Waals surface area contributed by atoms with Gasteiger partial charge in [-0.05, 0) is 19.1 Å². The third-order valence-corrected chi connectivity index (χ3v) is 3.97. The Morgan fingerprint density at radius 3 is 2.52 bits per heavy atom. The van der Waals surface area contributed by atoms with E-state index in [1.54, 1.807) is 11.1 Å². The van der Waals surface area contributed by atoms with Crippen LogP contribution < -0.4 is 4.90 Å². The van der Waals surface area contributed by atoms with Gasteiger partial charge < -0.3 is 10.0 Å². The normalized spacial score (nSPS) is 18.9. The summed E-state index contributed by atoms with van der Waals surface area (Å²) in [4.78, 5) is 20.6. The molecular weight excluding hydrogens is 266 g/mol. The molecule has 1 unspecified atom stereocenters. The first-order valence-corrected chi connectivity index (χ1v) is 7.44. The molecular formula is C16H25N3O2. The van der Waals surface area contributed by atoms with Crippen LogP contribution in [0.25, 0.3) is 0 Å². The van der Waals surface area contributed by atoms with Crippen LogP contribution in [0.2, 0.25) is 0 Å². The lowest BCUT2D eigenvalue weighted by atomic mass is 9.92. The van der Waals surface area contributed by atoms with E-state index in [2.05, 4.69) is 25.8 Å². The number of hydrogen-bond acceptors (Lipinski definition) is 4. The number of aromatic nitrogens is 1. The fraction of sp³-hybridized carbons (Fsp3) is 0.625. The molecule has 0 aliphatic carbocycles. The molecule has 1 aliphatic rings. The number of rotatable bonds is 3. The minimum absolute atomic E-state index is 0.0117. The number of carbonyl (C=O) groups excluding carboxylic acids is 1. The molecule has 1 N–H and O–H groups in total. The number of hydrogen-bond donors (Lipinski definition) is 1. The average Bonchev–Trinajstić information content (AvgIpc) is 2.45. The number of nitrogens with zero attached hydrogens (tertiary/aromatic N) is 3. The van der Waals surface area contributed by atoms with Crippen molar-refractivity contribution in [3.8, 4) is 0 Å². The van der Waals surface area contributed by atoms with E-state index >= 15 is 0 Å². The maximum atomic E-state index is 12.3. The zero-order valence-corrected chi connectivity index (χ0v) is 13.3. The fourth-order valence-electron chi connectivity index (χ4n) is 2.45. The number of anilines is 1. The van der Waals surface area contributed by atoms with E-state index in [0.717, 1.165) is 17.9 Å². The fourth-order valence-corrected chi connectivity index (χ4v) is 2.45. The Balaban J connectivity index is 2.08.